The van der Waals surface area contributed by atoms with E-state index in [4.69, 9.17) is 0 Å². The zero-order chi connectivity index (χ0) is 14.8. The normalized spacial score (nSPS) is 40.8. The third-order valence-electron chi connectivity index (χ3n) is 4.72. The summed E-state index contributed by atoms with van der Waals surface area (Å²) in [7, 11) is 0. The number of carbonyl (C=O) groups is 1. The van der Waals surface area contributed by atoms with Crippen LogP contribution < -0.4 is 21.3 Å². The molecule has 1 amide bonds. The number of alkyl halides is 2. The van der Waals surface area contributed by atoms with Gasteiger partial charge in [-0.25, -0.2) is 8.78 Å². The van der Waals surface area contributed by atoms with Crippen molar-refractivity contribution in [2.45, 2.75) is 68.7 Å². The number of hydrogen-bond donors (Lipinski definition) is 4. The number of carbonyl (C=O) groups excluding carboxylic acids is 1. The largest absolute Gasteiger partial charge is 0.353 e. The summed E-state index contributed by atoms with van der Waals surface area (Å²) in [6, 6.07) is -0.347. The van der Waals surface area contributed by atoms with Gasteiger partial charge in [0.2, 0.25) is 5.91 Å². The lowest BCUT2D eigenvalue weighted by Crippen LogP contribution is -2.48. The average Bonchev–Trinajstić information content (AvgIpc) is 2.82. The number of fused-ring (bicyclic) bond motifs is 1. The van der Waals surface area contributed by atoms with Crippen LogP contribution in [-0.2, 0) is 4.79 Å². The minimum Gasteiger partial charge on any atom is -0.353 e. The van der Waals surface area contributed by atoms with Crippen LogP contribution in [0.5, 0.6) is 0 Å². The first-order valence-electron chi connectivity index (χ1n) is 7.92. The molecule has 0 bridgehead atoms. The Labute approximate surface area is 123 Å². The van der Waals surface area contributed by atoms with Gasteiger partial charge in [-0.2, -0.15) is 0 Å². The van der Waals surface area contributed by atoms with Crippen molar-refractivity contribution in [3.63, 3.8) is 0 Å². The van der Waals surface area contributed by atoms with Gasteiger partial charge in [-0.3, -0.25) is 15.4 Å². The molecule has 5 atom stereocenters. The summed E-state index contributed by atoms with van der Waals surface area (Å²) in [5.74, 6) is -0.0299. The smallest absolute Gasteiger partial charge is 0.223 e. The van der Waals surface area contributed by atoms with Crippen molar-refractivity contribution in [1.29, 1.82) is 0 Å². The number of nitrogens with one attached hydrogen (secondary N) is 4. The summed E-state index contributed by atoms with van der Waals surface area (Å²) in [5.41, 5.74) is 0. The second-order valence-electron chi connectivity index (χ2n) is 6.40. The third kappa shape index (κ3) is 3.70. The van der Waals surface area contributed by atoms with E-state index in [1.807, 2.05) is 0 Å². The topological polar surface area (TPSA) is 65.2 Å². The Morgan fingerprint density at radius 1 is 1.14 bits per heavy atom. The lowest BCUT2D eigenvalue weighted by molar-refractivity contribution is -0.122. The van der Waals surface area contributed by atoms with Gasteiger partial charge in [-0.05, 0) is 32.4 Å². The first-order valence-corrected chi connectivity index (χ1v) is 7.92. The highest BCUT2D eigenvalue weighted by Crippen LogP contribution is 2.28. The molecule has 21 heavy (non-hydrogen) atoms. The minimum absolute atomic E-state index is 0.0299. The van der Waals surface area contributed by atoms with Crippen LogP contribution >= 0.6 is 0 Å². The van der Waals surface area contributed by atoms with Crippen LogP contribution in [0.15, 0.2) is 0 Å². The maximum absolute atomic E-state index is 13.8. The molecule has 0 aromatic heterocycles. The first-order chi connectivity index (χ1) is 10.1. The quantitative estimate of drug-likeness (QED) is 0.591. The van der Waals surface area contributed by atoms with E-state index in [1.54, 1.807) is 0 Å². The van der Waals surface area contributed by atoms with Crippen molar-refractivity contribution < 1.29 is 13.6 Å². The molecule has 5 unspecified atom stereocenters. The van der Waals surface area contributed by atoms with Crippen LogP contribution in [0.1, 0.15) is 32.1 Å². The SMILES string of the molecule is O=C(CC1NC2CC(F)CC(F)C2N1)NC1CCNCC1. The van der Waals surface area contributed by atoms with Crippen LogP contribution in [0.3, 0.4) is 0 Å². The molecule has 5 nitrogen and oxygen atoms in total. The van der Waals surface area contributed by atoms with E-state index in [2.05, 4.69) is 21.3 Å². The van der Waals surface area contributed by atoms with Gasteiger partial charge in [0, 0.05) is 18.5 Å². The predicted octanol–water partition coefficient (Wildman–Crippen LogP) is -0.0292. The molecule has 0 spiro atoms. The van der Waals surface area contributed by atoms with E-state index in [0.717, 1.165) is 25.9 Å². The van der Waals surface area contributed by atoms with Gasteiger partial charge < -0.3 is 10.6 Å². The zero-order valence-corrected chi connectivity index (χ0v) is 12.1. The van der Waals surface area contributed by atoms with Crippen molar-refractivity contribution in [3.05, 3.63) is 0 Å². The van der Waals surface area contributed by atoms with Gasteiger partial charge in [-0.15, -0.1) is 0 Å². The van der Waals surface area contributed by atoms with Crippen molar-refractivity contribution in [3.8, 4) is 0 Å². The highest BCUT2D eigenvalue weighted by atomic mass is 19.1. The standard InChI is InChI=1S/C14H24F2N4O/c15-8-5-10(16)14-11(6-8)19-12(20-14)7-13(21)18-9-1-3-17-4-2-9/h8-12,14,17,19-20H,1-7H2,(H,18,21). The fourth-order valence-corrected chi connectivity index (χ4v) is 3.65. The maximum Gasteiger partial charge on any atom is 0.223 e. The number of amides is 1. The van der Waals surface area contributed by atoms with Gasteiger partial charge in [0.05, 0.1) is 18.6 Å². The molecule has 3 fully saturated rings. The molecule has 4 N–H and O–H groups in total. The summed E-state index contributed by atoms with van der Waals surface area (Å²) in [6.07, 6.45) is -0.0848. The van der Waals surface area contributed by atoms with Crippen LogP contribution in [-0.4, -0.2) is 55.6 Å². The molecule has 3 rings (SSSR count). The second-order valence-corrected chi connectivity index (χ2v) is 6.40. The Kier molecular flexibility index (Phi) is 4.71. The Balaban J connectivity index is 1.46. The number of rotatable bonds is 3. The molecule has 3 aliphatic rings. The average molecular weight is 302 g/mol. The molecule has 2 heterocycles. The van der Waals surface area contributed by atoms with Gasteiger partial charge >= 0.3 is 0 Å². The van der Waals surface area contributed by atoms with E-state index < -0.39 is 12.3 Å². The molecular weight excluding hydrogens is 278 g/mol. The van der Waals surface area contributed by atoms with E-state index in [9.17, 15) is 13.6 Å². The van der Waals surface area contributed by atoms with E-state index in [-0.39, 0.29) is 43.0 Å². The van der Waals surface area contributed by atoms with E-state index in [1.165, 1.54) is 0 Å². The molecule has 120 valence electrons. The molecule has 2 aliphatic heterocycles. The molecular formula is C14H24F2N4O. The molecule has 1 aliphatic carbocycles. The Hall–Kier alpha value is -0.790. The van der Waals surface area contributed by atoms with Crippen molar-refractivity contribution >= 4 is 5.91 Å². The zero-order valence-electron chi connectivity index (χ0n) is 12.1. The summed E-state index contributed by atoms with van der Waals surface area (Å²) in [4.78, 5) is 12.0. The van der Waals surface area contributed by atoms with Gasteiger partial charge in [0.25, 0.3) is 0 Å². The molecule has 1 saturated carbocycles. The highest BCUT2D eigenvalue weighted by Gasteiger charge is 2.44. The second kappa shape index (κ2) is 6.54. The van der Waals surface area contributed by atoms with Crippen LogP contribution in [0.2, 0.25) is 0 Å². The summed E-state index contributed by atoms with van der Waals surface area (Å²) < 4.78 is 27.2. The fourth-order valence-electron chi connectivity index (χ4n) is 3.65. The molecule has 2 saturated heterocycles. The predicted molar refractivity (Wildman–Crippen MR) is 75.3 cm³/mol. The number of hydrogen-bond acceptors (Lipinski definition) is 4. The molecule has 0 aromatic rings. The molecule has 0 aromatic carbocycles. The van der Waals surface area contributed by atoms with Crippen molar-refractivity contribution in [2.24, 2.45) is 0 Å². The summed E-state index contributed by atoms with van der Waals surface area (Å²) in [6.45, 7) is 1.85. The van der Waals surface area contributed by atoms with Crippen LogP contribution in [0, 0.1) is 0 Å². The molecule has 7 heteroatoms. The van der Waals surface area contributed by atoms with Crippen molar-refractivity contribution in [2.75, 3.05) is 13.1 Å². The summed E-state index contributed by atoms with van der Waals surface area (Å²) >= 11 is 0. The van der Waals surface area contributed by atoms with E-state index >= 15 is 0 Å². The van der Waals surface area contributed by atoms with Gasteiger partial charge in [0.15, 0.2) is 0 Å². The summed E-state index contributed by atoms with van der Waals surface area (Å²) in [5, 5.41) is 12.5. The lowest BCUT2D eigenvalue weighted by Gasteiger charge is -2.30. The van der Waals surface area contributed by atoms with E-state index in [0.29, 0.717) is 6.42 Å². The number of piperidine rings is 1. The Bertz CT molecular complexity index is 378. The highest BCUT2D eigenvalue weighted by molar-refractivity contribution is 5.76. The van der Waals surface area contributed by atoms with Gasteiger partial charge in [0.1, 0.15) is 12.3 Å². The molecule has 0 radical (unpaired) electrons. The Morgan fingerprint density at radius 2 is 1.90 bits per heavy atom. The Morgan fingerprint density at radius 3 is 2.67 bits per heavy atom. The monoisotopic (exact) mass is 302 g/mol. The third-order valence-corrected chi connectivity index (χ3v) is 4.72. The number of halogens is 2. The van der Waals surface area contributed by atoms with Crippen molar-refractivity contribution in [1.82, 2.24) is 21.3 Å². The van der Waals surface area contributed by atoms with Crippen LogP contribution in [0.4, 0.5) is 8.78 Å². The van der Waals surface area contributed by atoms with Crippen LogP contribution in [0.25, 0.3) is 0 Å². The van der Waals surface area contributed by atoms with Gasteiger partial charge in [-0.1, -0.05) is 0 Å². The fraction of sp³-hybridized carbons (Fsp3) is 0.929. The maximum atomic E-state index is 13.8. The minimum atomic E-state index is -1.18. The lowest BCUT2D eigenvalue weighted by atomic mass is 9.89. The first kappa shape index (κ1) is 15.1.